The largest absolute Gasteiger partial charge is 0.356 e. The highest BCUT2D eigenvalue weighted by atomic mass is 32.2. The fourth-order valence-electron chi connectivity index (χ4n) is 2.89. The van der Waals surface area contributed by atoms with Crippen LogP contribution in [0.4, 0.5) is 20.3 Å². The summed E-state index contributed by atoms with van der Waals surface area (Å²) in [5.74, 6) is -2.25. The molecule has 27 heavy (non-hydrogen) atoms. The number of halogens is 2. The number of aryl methyl sites for hydroxylation is 1. The molecule has 1 fully saturated rings. The molecule has 1 amide bonds. The Bertz CT molecular complexity index is 835. The molecular formula is C17H20F2N6OS. The Kier molecular flexibility index (Phi) is 5.85. The maximum Gasteiger partial charge on any atom is 0.261 e. The second-order valence-electron chi connectivity index (χ2n) is 6.31. The SMILES string of the molecule is Cc1ncc(C(=O)Nc2ccnc(SN)c2)c(N2CCCC(F)(F)CC2)n1. The van der Waals surface area contributed by atoms with Gasteiger partial charge in [-0.25, -0.2) is 23.7 Å². The molecule has 0 aromatic carbocycles. The van der Waals surface area contributed by atoms with Gasteiger partial charge in [0, 0.05) is 44.0 Å². The number of hydrogen-bond acceptors (Lipinski definition) is 7. The van der Waals surface area contributed by atoms with Gasteiger partial charge in [0.05, 0.1) is 0 Å². The normalized spacial score (nSPS) is 16.7. The molecule has 2 aromatic rings. The molecule has 0 bridgehead atoms. The lowest BCUT2D eigenvalue weighted by molar-refractivity contribution is -0.0102. The van der Waals surface area contributed by atoms with Gasteiger partial charge in [0.1, 0.15) is 22.2 Å². The summed E-state index contributed by atoms with van der Waals surface area (Å²) in [6.45, 7) is 2.24. The smallest absolute Gasteiger partial charge is 0.261 e. The van der Waals surface area contributed by atoms with Gasteiger partial charge in [-0.05, 0) is 37.4 Å². The zero-order chi connectivity index (χ0) is 19.4. The second kappa shape index (κ2) is 8.13. The maximum atomic E-state index is 13.7. The van der Waals surface area contributed by atoms with E-state index in [-0.39, 0.29) is 24.9 Å². The Morgan fingerprint density at radius 1 is 1.33 bits per heavy atom. The Hall–Kier alpha value is -2.33. The number of nitrogens with one attached hydrogen (secondary N) is 1. The van der Waals surface area contributed by atoms with Crippen molar-refractivity contribution in [2.45, 2.75) is 37.1 Å². The van der Waals surface area contributed by atoms with Crippen molar-refractivity contribution in [3.05, 3.63) is 35.9 Å². The minimum absolute atomic E-state index is 0.132. The van der Waals surface area contributed by atoms with Crippen LogP contribution < -0.4 is 15.4 Å². The zero-order valence-corrected chi connectivity index (χ0v) is 15.6. The van der Waals surface area contributed by atoms with Crippen molar-refractivity contribution in [3.8, 4) is 0 Å². The molecule has 3 heterocycles. The van der Waals surface area contributed by atoms with Crippen LogP contribution in [0.25, 0.3) is 0 Å². The Balaban J connectivity index is 1.86. The number of pyridine rings is 1. The van der Waals surface area contributed by atoms with Crippen molar-refractivity contribution in [1.29, 1.82) is 0 Å². The van der Waals surface area contributed by atoms with E-state index in [1.54, 1.807) is 24.0 Å². The summed E-state index contributed by atoms with van der Waals surface area (Å²) in [4.78, 5) is 27.0. The molecule has 0 radical (unpaired) electrons. The average Bonchev–Trinajstić information content (AvgIpc) is 2.82. The first kappa shape index (κ1) is 19.4. The van der Waals surface area contributed by atoms with E-state index in [1.807, 2.05) is 0 Å². The van der Waals surface area contributed by atoms with Crippen LogP contribution >= 0.6 is 11.9 Å². The Labute approximate surface area is 159 Å². The van der Waals surface area contributed by atoms with Crippen molar-refractivity contribution in [3.63, 3.8) is 0 Å². The summed E-state index contributed by atoms with van der Waals surface area (Å²) >= 11 is 0.969. The van der Waals surface area contributed by atoms with E-state index >= 15 is 0 Å². The van der Waals surface area contributed by atoms with Gasteiger partial charge in [0.25, 0.3) is 5.91 Å². The predicted octanol–water partition coefficient (Wildman–Crippen LogP) is 3.02. The first-order valence-electron chi connectivity index (χ1n) is 8.48. The Morgan fingerprint density at radius 3 is 2.93 bits per heavy atom. The van der Waals surface area contributed by atoms with Crippen LogP contribution in [0.3, 0.4) is 0 Å². The van der Waals surface area contributed by atoms with Crippen LogP contribution in [0, 0.1) is 6.92 Å². The zero-order valence-electron chi connectivity index (χ0n) is 14.8. The number of carbonyl (C=O) groups is 1. The number of rotatable bonds is 4. The standard InChI is InChI=1S/C17H20F2N6OS/c1-11-22-10-13(16(26)24-12-3-6-21-14(9-12)27-20)15(23-11)25-7-2-4-17(18,19)5-8-25/h3,6,9-10H,2,4-5,7-8,20H2,1H3,(H,21,24,26). The van der Waals surface area contributed by atoms with Crippen molar-refractivity contribution >= 4 is 29.4 Å². The second-order valence-corrected chi connectivity index (χ2v) is 6.96. The van der Waals surface area contributed by atoms with Crippen molar-refractivity contribution in [2.75, 3.05) is 23.3 Å². The first-order chi connectivity index (χ1) is 12.9. The van der Waals surface area contributed by atoms with E-state index in [1.165, 1.54) is 12.4 Å². The molecule has 0 unspecified atom stereocenters. The molecule has 2 aromatic heterocycles. The van der Waals surface area contributed by atoms with Crippen molar-refractivity contribution < 1.29 is 13.6 Å². The molecule has 1 aliphatic heterocycles. The maximum absolute atomic E-state index is 13.7. The predicted molar refractivity (Wildman–Crippen MR) is 100 cm³/mol. The summed E-state index contributed by atoms with van der Waals surface area (Å²) in [5, 5.41) is 8.81. The molecule has 144 valence electrons. The van der Waals surface area contributed by atoms with Gasteiger partial charge in [-0.15, -0.1) is 0 Å². The molecule has 7 nitrogen and oxygen atoms in total. The highest BCUT2D eigenvalue weighted by molar-refractivity contribution is 7.97. The molecular weight excluding hydrogens is 374 g/mol. The quantitative estimate of drug-likeness (QED) is 0.769. The molecule has 0 spiro atoms. The molecule has 0 aliphatic carbocycles. The lowest BCUT2D eigenvalue weighted by atomic mass is 10.1. The van der Waals surface area contributed by atoms with E-state index in [0.717, 1.165) is 11.9 Å². The lowest BCUT2D eigenvalue weighted by Gasteiger charge is -2.24. The van der Waals surface area contributed by atoms with E-state index in [2.05, 4.69) is 20.3 Å². The third-order valence-corrected chi connectivity index (χ3v) is 4.73. The fourth-order valence-corrected chi connectivity index (χ4v) is 3.20. The molecule has 0 saturated carbocycles. The number of nitrogens with zero attached hydrogens (tertiary/aromatic N) is 4. The van der Waals surface area contributed by atoms with Gasteiger partial charge in [0.2, 0.25) is 5.92 Å². The number of amides is 1. The van der Waals surface area contributed by atoms with Crippen LogP contribution in [-0.4, -0.2) is 39.9 Å². The van der Waals surface area contributed by atoms with E-state index < -0.39 is 11.8 Å². The summed E-state index contributed by atoms with van der Waals surface area (Å²) < 4.78 is 27.4. The first-order valence-corrected chi connectivity index (χ1v) is 9.36. The van der Waals surface area contributed by atoms with Crippen LogP contribution in [0.1, 0.15) is 35.4 Å². The molecule has 3 N–H and O–H groups in total. The van der Waals surface area contributed by atoms with Gasteiger partial charge in [-0.3, -0.25) is 9.93 Å². The van der Waals surface area contributed by atoms with Gasteiger partial charge in [-0.2, -0.15) is 0 Å². The Morgan fingerprint density at radius 2 is 2.15 bits per heavy atom. The molecule has 1 saturated heterocycles. The highest BCUT2D eigenvalue weighted by Crippen LogP contribution is 2.30. The number of nitrogens with two attached hydrogens (primary N) is 1. The van der Waals surface area contributed by atoms with Crippen LogP contribution in [0.2, 0.25) is 0 Å². The van der Waals surface area contributed by atoms with Gasteiger partial charge in [0.15, 0.2) is 0 Å². The van der Waals surface area contributed by atoms with E-state index in [0.29, 0.717) is 35.3 Å². The van der Waals surface area contributed by atoms with Gasteiger partial charge < -0.3 is 10.2 Å². The van der Waals surface area contributed by atoms with Crippen molar-refractivity contribution in [2.24, 2.45) is 5.14 Å². The monoisotopic (exact) mass is 394 g/mol. The van der Waals surface area contributed by atoms with Gasteiger partial charge in [-0.1, -0.05) is 0 Å². The summed E-state index contributed by atoms with van der Waals surface area (Å²) in [6, 6.07) is 3.28. The number of anilines is 2. The number of aromatic nitrogens is 3. The van der Waals surface area contributed by atoms with Crippen LogP contribution in [-0.2, 0) is 0 Å². The van der Waals surface area contributed by atoms with Crippen molar-refractivity contribution in [1.82, 2.24) is 15.0 Å². The van der Waals surface area contributed by atoms with Crippen LogP contribution in [0.15, 0.2) is 29.6 Å². The summed E-state index contributed by atoms with van der Waals surface area (Å²) in [5.41, 5.74) is 0.765. The van der Waals surface area contributed by atoms with Gasteiger partial charge >= 0.3 is 0 Å². The third-order valence-electron chi connectivity index (χ3n) is 4.26. The molecule has 1 aliphatic rings. The highest BCUT2D eigenvalue weighted by Gasteiger charge is 2.33. The molecule has 10 heteroatoms. The minimum Gasteiger partial charge on any atom is -0.356 e. The van der Waals surface area contributed by atoms with E-state index in [4.69, 9.17) is 5.14 Å². The fraction of sp³-hybridized carbons (Fsp3) is 0.412. The lowest BCUT2D eigenvalue weighted by Crippen LogP contribution is -2.29. The van der Waals surface area contributed by atoms with E-state index in [9.17, 15) is 13.6 Å². The number of alkyl halides is 2. The topological polar surface area (TPSA) is 97.0 Å². The summed E-state index contributed by atoms with van der Waals surface area (Å²) in [7, 11) is 0. The minimum atomic E-state index is -2.69. The summed E-state index contributed by atoms with van der Waals surface area (Å²) in [6.07, 6.45) is 2.87. The number of carbonyl (C=O) groups excluding carboxylic acids is 1. The third kappa shape index (κ3) is 4.89. The molecule has 0 atom stereocenters. The van der Waals surface area contributed by atoms with Crippen LogP contribution in [0.5, 0.6) is 0 Å². The molecule has 3 rings (SSSR count). The number of hydrogen-bond donors (Lipinski definition) is 2. The average molecular weight is 394 g/mol.